The first-order chi connectivity index (χ1) is 43.5. The number of esters is 1. The second-order valence-corrected chi connectivity index (χ2v) is 27.8. The molecule has 0 rings (SSSR count). The van der Waals surface area contributed by atoms with Crippen LogP contribution in [0.1, 0.15) is 450 Å². The van der Waals surface area contributed by atoms with Crippen molar-refractivity contribution in [2.24, 2.45) is 0 Å². The number of carbonyl (C=O) groups is 2. The number of unbranched alkanes of at least 4 members (excludes halogenated alkanes) is 61. The van der Waals surface area contributed by atoms with Gasteiger partial charge in [-0.15, -0.1) is 0 Å². The summed E-state index contributed by atoms with van der Waals surface area (Å²) in [6.45, 7) is 4.90. The first-order valence-electron chi connectivity index (χ1n) is 40.3. The van der Waals surface area contributed by atoms with Gasteiger partial charge in [0.15, 0.2) is 0 Å². The van der Waals surface area contributed by atoms with E-state index in [0.29, 0.717) is 19.4 Å². The zero-order chi connectivity index (χ0) is 63.5. The molecule has 3 N–H and O–H groups in total. The van der Waals surface area contributed by atoms with E-state index in [2.05, 4.69) is 43.5 Å². The molecule has 0 aliphatic rings. The van der Waals surface area contributed by atoms with Gasteiger partial charge in [-0.25, -0.2) is 0 Å². The van der Waals surface area contributed by atoms with Crippen molar-refractivity contribution in [3.8, 4) is 0 Å². The number of ether oxygens (including phenoxy) is 1. The van der Waals surface area contributed by atoms with Crippen LogP contribution in [0.2, 0.25) is 0 Å². The van der Waals surface area contributed by atoms with Crippen LogP contribution in [0.3, 0.4) is 0 Å². The monoisotopic (exact) mass is 1240 g/mol. The Balaban J connectivity index is 3.31. The van der Waals surface area contributed by atoms with E-state index < -0.39 is 12.1 Å². The van der Waals surface area contributed by atoms with Crippen molar-refractivity contribution in [1.29, 1.82) is 0 Å². The largest absolute Gasteiger partial charge is 0.466 e. The highest BCUT2D eigenvalue weighted by Gasteiger charge is 2.18. The average Bonchev–Trinajstić information content (AvgIpc) is 3.58. The van der Waals surface area contributed by atoms with E-state index in [-0.39, 0.29) is 18.5 Å². The fourth-order valence-corrected chi connectivity index (χ4v) is 12.8. The van der Waals surface area contributed by atoms with Gasteiger partial charge in [0.2, 0.25) is 5.91 Å². The van der Waals surface area contributed by atoms with Crippen LogP contribution in [-0.2, 0) is 14.3 Å². The lowest BCUT2D eigenvalue weighted by Crippen LogP contribution is -2.45. The molecule has 0 spiro atoms. The molecule has 0 heterocycles. The van der Waals surface area contributed by atoms with Crippen LogP contribution in [0.4, 0.5) is 0 Å². The van der Waals surface area contributed by atoms with Gasteiger partial charge < -0.3 is 20.3 Å². The van der Waals surface area contributed by atoms with Crippen LogP contribution >= 0.6 is 0 Å². The van der Waals surface area contributed by atoms with Gasteiger partial charge >= 0.3 is 5.97 Å². The van der Waals surface area contributed by atoms with Gasteiger partial charge in [-0.2, -0.15) is 0 Å². The number of nitrogens with one attached hydrogen (secondary N) is 1. The molecular formula is C82H157NO5. The molecule has 520 valence electrons. The zero-order valence-corrected chi connectivity index (χ0v) is 59.7. The summed E-state index contributed by atoms with van der Waals surface area (Å²) in [5, 5.41) is 23.3. The predicted molar refractivity (Wildman–Crippen MR) is 389 cm³/mol. The van der Waals surface area contributed by atoms with Gasteiger partial charge in [-0.1, -0.05) is 416 Å². The first kappa shape index (κ1) is 86.1. The molecular weight excluding hydrogens is 1080 g/mol. The van der Waals surface area contributed by atoms with Gasteiger partial charge in [0.05, 0.1) is 25.4 Å². The van der Waals surface area contributed by atoms with E-state index in [4.69, 9.17) is 4.74 Å². The second-order valence-electron chi connectivity index (χ2n) is 27.8. The maximum Gasteiger partial charge on any atom is 0.305 e. The summed E-state index contributed by atoms with van der Waals surface area (Å²) in [6.07, 6.45) is 101. The number of rotatable bonds is 76. The maximum atomic E-state index is 12.5. The van der Waals surface area contributed by atoms with E-state index >= 15 is 0 Å². The molecule has 0 aliphatic carbocycles. The predicted octanol–water partition coefficient (Wildman–Crippen LogP) is 26.6. The van der Waals surface area contributed by atoms with Crippen molar-refractivity contribution in [3.05, 3.63) is 36.5 Å². The highest BCUT2D eigenvalue weighted by Crippen LogP contribution is 2.20. The molecule has 2 unspecified atom stereocenters. The fraction of sp³-hybridized carbons (Fsp3) is 0.902. The fourth-order valence-electron chi connectivity index (χ4n) is 12.8. The number of allylic oxidation sites excluding steroid dienone is 5. The highest BCUT2D eigenvalue weighted by molar-refractivity contribution is 5.76. The molecule has 0 radical (unpaired) electrons. The summed E-state index contributed by atoms with van der Waals surface area (Å²) in [5.41, 5.74) is 0. The lowest BCUT2D eigenvalue weighted by atomic mass is 10.0. The van der Waals surface area contributed by atoms with E-state index in [9.17, 15) is 19.8 Å². The Labute approximate surface area is 551 Å². The Kier molecular flexibility index (Phi) is 75.8. The molecule has 0 bridgehead atoms. The Bertz CT molecular complexity index is 1430. The molecule has 1 amide bonds. The normalized spacial score (nSPS) is 12.6. The minimum absolute atomic E-state index is 0.00971. The molecule has 88 heavy (non-hydrogen) atoms. The quantitative estimate of drug-likeness (QED) is 0.0320. The Hall–Kier alpha value is -1.92. The molecule has 0 aromatic rings. The summed E-state index contributed by atoms with van der Waals surface area (Å²) < 4.78 is 5.49. The van der Waals surface area contributed by atoms with Crippen LogP contribution in [0, 0.1) is 0 Å². The molecule has 0 aliphatic heterocycles. The molecule has 0 aromatic carbocycles. The lowest BCUT2D eigenvalue weighted by Gasteiger charge is -2.20. The van der Waals surface area contributed by atoms with Crippen LogP contribution < -0.4 is 5.32 Å². The van der Waals surface area contributed by atoms with Gasteiger partial charge in [-0.3, -0.25) is 9.59 Å². The smallest absolute Gasteiger partial charge is 0.305 e. The van der Waals surface area contributed by atoms with Crippen molar-refractivity contribution in [2.75, 3.05) is 13.2 Å². The number of aliphatic hydroxyl groups excluding tert-OH is 2. The molecule has 6 heteroatoms. The number of hydrogen-bond donors (Lipinski definition) is 3. The second kappa shape index (κ2) is 77.5. The number of hydrogen-bond acceptors (Lipinski definition) is 5. The van der Waals surface area contributed by atoms with Gasteiger partial charge in [0.25, 0.3) is 0 Å². The average molecular weight is 1240 g/mol. The third kappa shape index (κ3) is 73.1. The molecule has 0 saturated heterocycles. The summed E-state index contributed by atoms with van der Waals surface area (Å²) in [5.74, 6) is -0.0482. The Morgan fingerprint density at radius 1 is 0.318 bits per heavy atom. The van der Waals surface area contributed by atoms with E-state index in [1.165, 1.54) is 372 Å². The van der Waals surface area contributed by atoms with Gasteiger partial charge in [-0.05, 0) is 57.8 Å². The topological polar surface area (TPSA) is 95.9 Å². The molecule has 0 saturated carbocycles. The van der Waals surface area contributed by atoms with E-state index in [1.54, 1.807) is 6.08 Å². The minimum atomic E-state index is -0.841. The Morgan fingerprint density at radius 3 is 0.898 bits per heavy atom. The summed E-state index contributed by atoms with van der Waals surface area (Å²) in [7, 11) is 0. The van der Waals surface area contributed by atoms with Crippen LogP contribution in [0.15, 0.2) is 36.5 Å². The first-order valence-corrected chi connectivity index (χ1v) is 40.3. The summed E-state index contributed by atoms with van der Waals surface area (Å²) in [4.78, 5) is 24.6. The highest BCUT2D eigenvalue weighted by atomic mass is 16.5. The van der Waals surface area contributed by atoms with Crippen molar-refractivity contribution in [2.45, 2.75) is 463 Å². The van der Waals surface area contributed by atoms with Crippen LogP contribution in [0.5, 0.6) is 0 Å². The van der Waals surface area contributed by atoms with Crippen LogP contribution in [-0.4, -0.2) is 47.4 Å². The van der Waals surface area contributed by atoms with Gasteiger partial charge in [0.1, 0.15) is 0 Å². The van der Waals surface area contributed by atoms with Crippen molar-refractivity contribution in [1.82, 2.24) is 5.32 Å². The molecule has 0 aromatic heterocycles. The van der Waals surface area contributed by atoms with E-state index in [0.717, 1.165) is 51.4 Å². The van der Waals surface area contributed by atoms with Crippen LogP contribution in [0.25, 0.3) is 0 Å². The molecule has 0 fully saturated rings. The SMILES string of the molecule is CCCC/C=C\C/C=C\CCCCCCCC(=O)OCCCCCCCCCCCCCCCCCCCCCCCCCCCCCCCCCCCCCCCCCC(=O)NC(CO)C(O)/C=C/CCCCCCCCCCCCCCCCCC. The Morgan fingerprint density at radius 2 is 0.580 bits per heavy atom. The minimum Gasteiger partial charge on any atom is -0.466 e. The third-order valence-corrected chi connectivity index (χ3v) is 18.9. The number of aliphatic hydroxyl groups is 2. The number of carbonyl (C=O) groups excluding carboxylic acids is 2. The third-order valence-electron chi connectivity index (χ3n) is 18.9. The number of amides is 1. The zero-order valence-electron chi connectivity index (χ0n) is 59.7. The standard InChI is InChI=1S/C82H157NO5/c1-3-5-7-9-11-13-15-17-19-20-44-47-50-54-58-62-66-70-74-80(85)79(78-84)83-81(86)75-71-67-63-59-55-51-48-45-42-40-38-36-34-32-30-28-26-24-22-21-23-25-27-29-31-33-35-37-39-41-43-46-49-53-57-61-65-69-73-77-88-82(87)76-72-68-64-60-56-52-18-16-14-12-10-8-6-4-2/h10,12,16,18,70,74,79-80,84-85H,3-9,11,13-15,17,19-69,71-73,75-78H2,1-2H3,(H,83,86)/b12-10-,18-16-,74-70+. The summed E-state index contributed by atoms with van der Waals surface area (Å²) in [6, 6.07) is -0.624. The van der Waals surface area contributed by atoms with E-state index in [1.807, 2.05) is 6.08 Å². The summed E-state index contributed by atoms with van der Waals surface area (Å²) >= 11 is 0. The van der Waals surface area contributed by atoms with Crippen molar-refractivity contribution in [3.63, 3.8) is 0 Å². The van der Waals surface area contributed by atoms with Crippen molar-refractivity contribution < 1.29 is 24.5 Å². The maximum absolute atomic E-state index is 12.5. The lowest BCUT2D eigenvalue weighted by molar-refractivity contribution is -0.143. The molecule has 2 atom stereocenters. The van der Waals surface area contributed by atoms with Crippen molar-refractivity contribution >= 4 is 11.9 Å². The van der Waals surface area contributed by atoms with Gasteiger partial charge in [0, 0.05) is 12.8 Å². The molecule has 6 nitrogen and oxygen atoms in total.